The number of aromatic nitrogens is 4. The van der Waals surface area contributed by atoms with Crippen molar-refractivity contribution in [3.63, 3.8) is 0 Å². The summed E-state index contributed by atoms with van der Waals surface area (Å²) in [6.45, 7) is 0.703. The minimum Gasteiger partial charge on any atom is -0.283 e. The lowest BCUT2D eigenvalue weighted by atomic mass is 10.2. The van der Waals surface area contributed by atoms with Gasteiger partial charge in [-0.3, -0.25) is 18.7 Å². The van der Waals surface area contributed by atoms with Crippen molar-refractivity contribution >= 4 is 28.9 Å². The fraction of sp³-hybridized carbons (Fsp3) is 0.211. The van der Waals surface area contributed by atoms with Crippen molar-refractivity contribution in [3.05, 3.63) is 74.8 Å². The molecule has 0 fully saturated rings. The molecule has 9 heteroatoms. The van der Waals surface area contributed by atoms with Gasteiger partial charge in [0.2, 0.25) is 10.5 Å². The molecular weight excluding hydrogens is 384 g/mol. The smallest absolute Gasteiger partial charge is 0.262 e. The van der Waals surface area contributed by atoms with Gasteiger partial charge in [0.15, 0.2) is 11.6 Å². The molecule has 2 heterocycles. The third-order valence-electron chi connectivity index (χ3n) is 4.61. The standard InChI is InChI=1S/C19H17F2N5OS/c1-23(10-12-7-8-14(20)15(21)9-12)11-25-19(28)26-16-6-4-3-5-13(16)17(27)24(2)18(26)22-25/h3-9H,10-11H2,1-2H3. The molecule has 144 valence electrons. The monoisotopic (exact) mass is 401 g/mol. The number of fused-ring (bicyclic) bond motifs is 3. The van der Waals surface area contributed by atoms with E-state index < -0.39 is 11.6 Å². The molecule has 0 radical (unpaired) electrons. The first-order valence-corrected chi connectivity index (χ1v) is 8.97. The third-order valence-corrected chi connectivity index (χ3v) is 5.01. The Bertz CT molecular complexity index is 1320. The Kier molecular flexibility index (Phi) is 4.56. The second-order valence-corrected chi connectivity index (χ2v) is 7.07. The van der Waals surface area contributed by atoms with Gasteiger partial charge in [-0.15, -0.1) is 5.10 Å². The van der Waals surface area contributed by atoms with Crippen LogP contribution in [0.25, 0.3) is 16.7 Å². The molecule has 0 saturated heterocycles. The summed E-state index contributed by atoms with van der Waals surface area (Å²) in [6.07, 6.45) is 0. The van der Waals surface area contributed by atoms with E-state index in [1.54, 1.807) is 28.3 Å². The van der Waals surface area contributed by atoms with E-state index in [9.17, 15) is 13.6 Å². The second-order valence-electron chi connectivity index (χ2n) is 6.70. The van der Waals surface area contributed by atoms with E-state index in [1.807, 2.05) is 24.1 Å². The van der Waals surface area contributed by atoms with Crippen LogP contribution in [0.1, 0.15) is 5.56 Å². The number of hydrogen-bond donors (Lipinski definition) is 0. The van der Waals surface area contributed by atoms with Crippen LogP contribution < -0.4 is 5.56 Å². The number of para-hydroxylation sites is 1. The number of halogens is 2. The number of benzene rings is 2. The minimum absolute atomic E-state index is 0.148. The van der Waals surface area contributed by atoms with Crippen molar-refractivity contribution in [2.45, 2.75) is 13.2 Å². The summed E-state index contributed by atoms with van der Waals surface area (Å²) in [5.41, 5.74) is 1.18. The fourth-order valence-corrected chi connectivity index (χ4v) is 3.54. The molecule has 0 spiro atoms. The van der Waals surface area contributed by atoms with Crippen LogP contribution in [-0.2, 0) is 20.3 Å². The molecule has 0 N–H and O–H groups in total. The van der Waals surface area contributed by atoms with Crippen molar-refractivity contribution in [2.24, 2.45) is 7.05 Å². The summed E-state index contributed by atoms with van der Waals surface area (Å²) >= 11 is 5.59. The van der Waals surface area contributed by atoms with Gasteiger partial charge in [0.25, 0.3) is 5.56 Å². The molecule has 0 amide bonds. The van der Waals surface area contributed by atoms with Gasteiger partial charge in [0, 0.05) is 13.6 Å². The average Bonchev–Trinajstić information content (AvgIpc) is 2.99. The highest BCUT2D eigenvalue weighted by Crippen LogP contribution is 2.15. The molecule has 4 rings (SSSR count). The molecule has 0 saturated carbocycles. The first kappa shape index (κ1) is 18.5. The van der Waals surface area contributed by atoms with Crippen LogP contribution in [0, 0.1) is 16.4 Å². The van der Waals surface area contributed by atoms with Gasteiger partial charge in [-0.25, -0.2) is 13.5 Å². The van der Waals surface area contributed by atoms with Crippen LogP contribution in [0.3, 0.4) is 0 Å². The molecule has 4 aromatic rings. The Balaban J connectivity index is 1.73. The van der Waals surface area contributed by atoms with E-state index in [4.69, 9.17) is 12.2 Å². The van der Waals surface area contributed by atoms with Crippen LogP contribution >= 0.6 is 12.2 Å². The molecule has 2 aromatic heterocycles. The third kappa shape index (κ3) is 3.02. The van der Waals surface area contributed by atoms with Crippen LogP contribution in [0.2, 0.25) is 0 Å². The second kappa shape index (κ2) is 6.92. The maximum absolute atomic E-state index is 13.4. The summed E-state index contributed by atoms with van der Waals surface area (Å²) < 4.78 is 31.8. The number of aryl methyl sites for hydroxylation is 1. The maximum atomic E-state index is 13.4. The molecule has 0 aliphatic carbocycles. The maximum Gasteiger partial charge on any atom is 0.262 e. The summed E-state index contributed by atoms with van der Waals surface area (Å²) in [7, 11) is 3.48. The van der Waals surface area contributed by atoms with Crippen molar-refractivity contribution in [1.82, 2.24) is 23.6 Å². The number of nitrogens with zero attached hydrogens (tertiary/aromatic N) is 5. The first-order valence-electron chi connectivity index (χ1n) is 8.56. The van der Waals surface area contributed by atoms with Crippen molar-refractivity contribution in [2.75, 3.05) is 7.05 Å². The normalized spacial score (nSPS) is 11.8. The van der Waals surface area contributed by atoms with Gasteiger partial charge in [-0.2, -0.15) is 0 Å². The topological polar surface area (TPSA) is 47.5 Å². The molecular formula is C19H17F2N5OS. The highest BCUT2D eigenvalue weighted by molar-refractivity contribution is 7.71. The Morgan fingerprint density at radius 1 is 1.14 bits per heavy atom. The van der Waals surface area contributed by atoms with Crippen molar-refractivity contribution in [1.29, 1.82) is 0 Å². The lowest BCUT2D eigenvalue weighted by Gasteiger charge is -2.16. The lowest BCUT2D eigenvalue weighted by molar-refractivity contribution is 0.244. The number of rotatable bonds is 4. The molecule has 0 aliphatic rings. The lowest BCUT2D eigenvalue weighted by Crippen LogP contribution is -2.22. The Morgan fingerprint density at radius 3 is 2.64 bits per heavy atom. The van der Waals surface area contributed by atoms with Gasteiger partial charge in [0.05, 0.1) is 17.6 Å². The average molecular weight is 401 g/mol. The zero-order valence-electron chi connectivity index (χ0n) is 15.3. The van der Waals surface area contributed by atoms with Crippen molar-refractivity contribution in [3.8, 4) is 0 Å². The summed E-state index contributed by atoms with van der Waals surface area (Å²) in [5.74, 6) is -1.31. The highest BCUT2D eigenvalue weighted by Gasteiger charge is 2.14. The van der Waals surface area contributed by atoms with E-state index in [0.29, 0.717) is 40.2 Å². The molecule has 0 atom stereocenters. The van der Waals surface area contributed by atoms with Crippen LogP contribution in [-0.4, -0.2) is 30.7 Å². The largest absolute Gasteiger partial charge is 0.283 e. The predicted molar refractivity (Wildman–Crippen MR) is 105 cm³/mol. The van der Waals surface area contributed by atoms with Crippen molar-refractivity contribution < 1.29 is 8.78 Å². The Morgan fingerprint density at radius 2 is 1.89 bits per heavy atom. The van der Waals surface area contributed by atoms with Gasteiger partial charge >= 0.3 is 0 Å². The van der Waals surface area contributed by atoms with E-state index in [-0.39, 0.29) is 5.56 Å². The van der Waals surface area contributed by atoms with Gasteiger partial charge in [-0.05, 0) is 49.1 Å². The Labute approximate surface area is 163 Å². The quantitative estimate of drug-likeness (QED) is 0.493. The number of hydrogen-bond acceptors (Lipinski definition) is 4. The van der Waals surface area contributed by atoms with E-state index >= 15 is 0 Å². The van der Waals surface area contributed by atoms with Crippen LogP contribution in [0.5, 0.6) is 0 Å². The molecule has 0 aliphatic heterocycles. The summed E-state index contributed by atoms with van der Waals surface area (Å²) in [4.78, 5) is 14.4. The molecule has 0 unspecified atom stereocenters. The molecule has 28 heavy (non-hydrogen) atoms. The van der Waals surface area contributed by atoms with Gasteiger partial charge < -0.3 is 0 Å². The first-order chi connectivity index (χ1) is 13.4. The predicted octanol–water partition coefficient (Wildman–Crippen LogP) is 3.08. The van der Waals surface area contributed by atoms with Gasteiger partial charge in [0.1, 0.15) is 0 Å². The van der Waals surface area contributed by atoms with Gasteiger partial charge in [-0.1, -0.05) is 18.2 Å². The summed E-state index contributed by atoms with van der Waals surface area (Å²) in [5, 5.41) is 5.06. The van der Waals surface area contributed by atoms with Crippen LogP contribution in [0.4, 0.5) is 8.78 Å². The molecule has 6 nitrogen and oxygen atoms in total. The SMILES string of the molecule is CN(Cc1ccc(F)c(F)c1)Cn1nc2n(C)c(=O)c3ccccc3n2c1=S. The van der Waals surface area contributed by atoms with E-state index in [0.717, 1.165) is 6.07 Å². The zero-order chi connectivity index (χ0) is 20.0. The highest BCUT2D eigenvalue weighted by atomic mass is 32.1. The fourth-order valence-electron chi connectivity index (χ4n) is 3.27. The molecule has 0 bridgehead atoms. The Hall–Kier alpha value is -2.91. The van der Waals surface area contributed by atoms with Crippen LogP contribution in [0.15, 0.2) is 47.3 Å². The molecule has 2 aromatic carbocycles. The van der Waals surface area contributed by atoms with E-state index in [1.165, 1.54) is 16.7 Å². The zero-order valence-corrected chi connectivity index (χ0v) is 16.1. The summed E-state index contributed by atoms with van der Waals surface area (Å²) in [6, 6.07) is 11.1. The van der Waals surface area contributed by atoms with E-state index in [2.05, 4.69) is 5.10 Å². The minimum atomic E-state index is -0.878.